The predicted molar refractivity (Wildman–Crippen MR) is 39.6 cm³/mol. The SMILES string of the molecule is NNC(=O)NCC1CCOC1. The van der Waals surface area contributed by atoms with Crippen molar-refractivity contribution in [1.82, 2.24) is 10.7 Å². The molecule has 64 valence electrons. The third-order valence-corrected chi connectivity index (χ3v) is 1.71. The van der Waals surface area contributed by atoms with E-state index in [4.69, 9.17) is 10.6 Å². The number of carbonyl (C=O) groups excluding carboxylic acids is 1. The number of hydrogen-bond donors (Lipinski definition) is 3. The van der Waals surface area contributed by atoms with Crippen molar-refractivity contribution in [3.8, 4) is 0 Å². The minimum absolute atomic E-state index is 0.336. The van der Waals surface area contributed by atoms with Crippen LogP contribution in [0.1, 0.15) is 6.42 Å². The highest BCUT2D eigenvalue weighted by Crippen LogP contribution is 2.10. The van der Waals surface area contributed by atoms with Crippen LogP contribution in [0.5, 0.6) is 0 Å². The topological polar surface area (TPSA) is 76.4 Å². The summed E-state index contributed by atoms with van der Waals surface area (Å²) in [4.78, 5) is 10.6. The molecule has 1 saturated heterocycles. The van der Waals surface area contributed by atoms with E-state index < -0.39 is 0 Å². The number of carbonyl (C=O) groups is 1. The Labute approximate surface area is 65.2 Å². The first-order valence-corrected chi connectivity index (χ1v) is 3.65. The first-order valence-electron chi connectivity index (χ1n) is 3.65. The smallest absolute Gasteiger partial charge is 0.328 e. The Balaban J connectivity index is 2.06. The first-order chi connectivity index (χ1) is 5.33. The van der Waals surface area contributed by atoms with E-state index in [9.17, 15) is 4.79 Å². The van der Waals surface area contributed by atoms with E-state index in [1.807, 2.05) is 5.43 Å². The second kappa shape index (κ2) is 4.15. The molecule has 1 fully saturated rings. The Morgan fingerprint density at radius 2 is 2.55 bits per heavy atom. The van der Waals surface area contributed by atoms with Crippen LogP contribution in [-0.2, 0) is 4.74 Å². The number of urea groups is 1. The zero-order chi connectivity index (χ0) is 8.10. The van der Waals surface area contributed by atoms with Crippen molar-refractivity contribution in [3.05, 3.63) is 0 Å². The summed E-state index contributed by atoms with van der Waals surface area (Å²) >= 11 is 0. The summed E-state index contributed by atoms with van der Waals surface area (Å²) in [6.45, 7) is 2.18. The van der Waals surface area contributed by atoms with Crippen LogP contribution in [0.25, 0.3) is 0 Å². The molecule has 0 aliphatic carbocycles. The quantitative estimate of drug-likeness (QED) is 0.280. The van der Waals surface area contributed by atoms with Crippen LogP contribution in [-0.4, -0.2) is 25.8 Å². The molecule has 0 aromatic carbocycles. The number of hydrogen-bond acceptors (Lipinski definition) is 3. The van der Waals surface area contributed by atoms with E-state index >= 15 is 0 Å². The second-order valence-corrected chi connectivity index (χ2v) is 2.58. The highest BCUT2D eigenvalue weighted by molar-refractivity contribution is 5.72. The first kappa shape index (κ1) is 8.29. The van der Waals surface area contributed by atoms with Crippen molar-refractivity contribution < 1.29 is 9.53 Å². The largest absolute Gasteiger partial charge is 0.381 e. The molecule has 0 bridgehead atoms. The Kier molecular flexibility index (Phi) is 3.13. The van der Waals surface area contributed by atoms with Crippen LogP contribution in [0.2, 0.25) is 0 Å². The summed E-state index contributed by atoms with van der Waals surface area (Å²) in [5.41, 5.74) is 2.00. The van der Waals surface area contributed by atoms with Crippen molar-refractivity contribution in [1.29, 1.82) is 0 Å². The van der Waals surface area contributed by atoms with Gasteiger partial charge in [0.25, 0.3) is 0 Å². The highest BCUT2D eigenvalue weighted by atomic mass is 16.5. The van der Waals surface area contributed by atoms with Crippen molar-refractivity contribution in [3.63, 3.8) is 0 Å². The van der Waals surface area contributed by atoms with E-state index in [1.165, 1.54) is 0 Å². The molecule has 1 atom stereocenters. The third kappa shape index (κ3) is 2.73. The predicted octanol–water partition coefficient (Wildman–Crippen LogP) is -0.804. The lowest BCUT2D eigenvalue weighted by Gasteiger charge is -2.07. The zero-order valence-corrected chi connectivity index (χ0v) is 6.30. The van der Waals surface area contributed by atoms with Gasteiger partial charge in [0, 0.05) is 19.1 Å². The van der Waals surface area contributed by atoms with E-state index in [0.717, 1.165) is 19.6 Å². The minimum atomic E-state index is -0.336. The van der Waals surface area contributed by atoms with Gasteiger partial charge in [-0.3, -0.25) is 5.43 Å². The summed E-state index contributed by atoms with van der Waals surface area (Å²) in [5.74, 6) is 5.31. The Morgan fingerprint density at radius 3 is 3.09 bits per heavy atom. The normalized spacial score (nSPS) is 23.2. The molecule has 11 heavy (non-hydrogen) atoms. The van der Waals surface area contributed by atoms with Gasteiger partial charge in [0.2, 0.25) is 0 Å². The molecule has 5 heteroatoms. The van der Waals surface area contributed by atoms with E-state index in [2.05, 4.69) is 5.32 Å². The van der Waals surface area contributed by atoms with Crippen LogP contribution in [0.4, 0.5) is 4.79 Å². The molecule has 1 heterocycles. The van der Waals surface area contributed by atoms with E-state index in [1.54, 1.807) is 0 Å². The maximum absolute atomic E-state index is 10.6. The lowest BCUT2D eigenvalue weighted by atomic mass is 10.1. The molecule has 0 aromatic heterocycles. The number of nitrogens with two attached hydrogens (primary N) is 1. The highest BCUT2D eigenvalue weighted by Gasteiger charge is 2.15. The number of nitrogens with one attached hydrogen (secondary N) is 2. The van der Waals surface area contributed by atoms with Gasteiger partial charge in [-0.25, -0.2) is 10.6 Å². The summed E-state index contributed by atoms with van der Waals surface area (Å²) in [6.07, 6.45) is 1.02. The summed E-state index contributed by atoms with van der Waals surface area (Å²) in [7, 11) is 0. The van der Waals surface area contributed by atoms with E-state index in [0.29, 0.717) is 12.5 Å². The number of amides is 2. The van der Waals surface area contributed by atoms with Gasteiger partial charge in [0.15, 0.2) is 0 Å². The van der Waals surface area contributed by atoms with Crippen molar-refractivity contribution in [2.45, 2.75) is 6.42 Å². The fourth-order valence-electron chi connectivity index (χ4n) is 1.03. The number of rotatable bonds is 2. The molecule has 4 N–H and O–H groups in total. The number of ether oxygens (including phenoxy) is 1. The van der Waals surface area contributed by atoms with Crippen LogP contribution in [0, 0.1) is 5.92 Å². The molecule has 1 unspecified atom stereocenters. The van der Waals surface area contributed by atoms with Crippen molar-refractivity contribution in [2.24, 2.45) is 11.8 Å². The fraction of sp³-hybridized carbons (Fsp3) is 0.833. The average Bonchev–Trinajstić information content (AvgIpc) is 2.52. The van der Waals surface area contributed by atoms with Crippen molar-refractivity contribution in [2.75, 3.05) is 19.8 Å². The molecule has 1 rings (SSSR count). The molecule has 2 amide bonds. The van der Waals surface area contributed by atoms with Gasteiger partial charge < -0.3 is 10.1 Å². The van der Waals surface area contributed by atoms with Crippen LogP contribution in [0.15, 0.2) is 0 Å². The summed E-state index contributed by atoms with van der Waals surface area (Å²) in [6, 6.07) is -0.336. The van der Waals surface area contributed by atoms with Gasteiger partial charge in [-0.15, -0.1) is 0 Å². The minimum Gasteiger partial charge on any atom is -0.381 e. The standard InChI is InChI=1S/C6H13N3O2/c7-9-6(10)8-3-5-1-2-11-4-5/h5H,1-4,7H2,(H2,8,9,10). The maximum atomic E-state index is 10.6. The zero-order valence-electron chi connectivity index (χ0n) is 6.30. The van der Waals surface area contributed by atoms with Gasteiger partial charge >= 0.3 is 6.03 Å². The Morgan fingerprint density at radius 1 is 1.73 bits per heavy atom. The maximum Gasteiger partial charge on any atom is 0.328 e. The van der Waals surface area contributed by atoms with Crippen molar-refractivity contribution >= 4 is 6.03 Å². The van der Waals surface area contributed by atoms with Gasteiger partial charge in [-0.2, -0.15) is 0 Å². The third-order valence-electron chi connectivity index (χ3n) is 1.71. The molecule has 1 aliphatic heterocycles. The van der Waals surface area contributed by atoms with Gasteiger partial charge in [0.1, 0.15) is 0 Å². The van der Waals surface area contributed by atoms with Crippen LogP contribution < -0.4 is 16.6 Å². The number of hydrazine groups is 1. The molecule has 0 radical (unpaired) electrons. The molecule has 0 aromatic rings. The van der Waals surface area contributed by atoms with E-state index in [-0.39, 0.29) is 6.03 Å². The molecule has 0 spiro atoms. The molecular formula is C6H13N3O2. The summed E-state index contributed by atoms with van der Waals surface area (Å²) in [5, 5.41) is 2.62. The molecule has 5 nitrogen and oxygen atoms in total. The van der Waals surface area contributed by atoms with Crippen LogP contribution in [0.3, 0.4) is 0 Å². The monoisotopic (exact) mass is 159 g/mol. The van der Waals surface area contributed by atoms with Gasteiger partial charge in [-0.05, 0) is 6.42 Å². The van der Waals surface area contributed by atoms with Gasteiger partial charge in [0.05, 0.1) is 6.61 Å². The lowest BCUT2D eigenvalue weighted by Crippen LogP contribution is -2.41. The second-order valence-electron chi connectivity index (χ2n) is 2.58. The Bertz CT molecular complexity index is 134. The lowest BCUT2D eigenvalue weighted by molar-refractivity contribution is 0.185. The Hall–Kier alpha value is -0.810. The fourth-order valence-corrected chi connectivity index (χ4v) is 1.03. The molecule has 0 saturated carbocycles. The summed E-state index contributed by atoms with van der Waals surface area (Å²) < 4.78 is 5.12. The molecule has 1 aliphatic rings. The van der Waals surface area contributed by atoms with Gasteiger partial charge in [-0.1, -0.05) is 0 Å². The molecular weight excluding hydrogens is 146 g/mol. The van der Waals surface area contributed by atoms with Crippen LogP contribution >= 0.6 is 0 Å². The average molecular weight is 159 g/mol.